The SMILES string of the molecule is C=C/C=C1\C(=C)C(=O)N(C2CCC(=O)NC2=O)C1C. The molecule has 2 fully saturated rings. The highest BCUT2D eigenvalue weighted by Crippen LogP contribution is 2.32. The molecular weight excluding hydrogens is 244 g/mol. The Labute approximate surface area is 111 Å². The maximum absolute atomic E-state index is 12.2. The number of carbonyl (C=O) groups excluding carboxylic acids is 3. The van der Waals surface area contributed by atoms with Crippen LogP contribution in [0.5, 0.6) is 0 Å². The second-order valence-electron chi connectivity index (χ2n) is 4.69. The number of likely N-dealkylation sites (tertiary alicyclic amines) is 1. The summed E-state index contributed by atoms with van der Waals surface area (Å²) in [6.07, 6.45) is 3.93. The van der Waals surface area contributed by atoms with E-state index in [0.29, 0.717) is 12.0 Å². The van der Waals surface area contributed by atoms with Crippen molar-refractivity contribution in [2.75, 3.05) is 0 Å². The number of nitrogens with zero attached hydrogens (tertiary/aromatic N) is 1. The summed E-state index contributed by atoms with van der Waals surface area (Å²) >= 11 is 0. The molecule has 2 saturated heterocycles. The average Bonchev–Trinajstić information content (AvgIpc) is 2.55. The molecule has 5 heteroatoms. The van der Waals surface area contributed by atoms with Crippen molar-refractivity contribution in [3.63, 3.8) is 0 Å². The minimum absolute atomic E-state index is 0.234. The molecule has 1 N–H and O–H groups in total. The van der Waals surface area contributed by atoms with E-state index >= 15 is 0 Å². The van der Waals surface area contributed by atoms with Gasteiger partial charge < -0.3 is 4.90 Å². The van der Waals surface area contributed by atoms with Gasteiger partial charge in [0.15, 0.2) is 0 Å². The molecule has 0 saturated carbocycles. The molecule has 100 valence electrons. The van der Waals surface area contributed by atoms with Gasteiger partial charge in [0.2, 0.25) is 11.8 Å². The minimum Gasteiger partial charge on any atom is -0.320 e. The number of imide groups is 1. The van der Waals surface area contributed by atoms with Crippen molar-refractivity contribution in [1.82, 2.24) is 10.2 Å². The highest BCUT2D eigenvalue weighted by molar-refractivity contribution is 6.07. The predicted molar refractivity (Wildman–Crippen MR) is 69.9 cm³/mol. The third-order valence-corrected chi connectivity index (χ3v) is 3.55. The van der Waals surface area contributed by atoms with E-state index in [1.807, 2.05) is 6.92 Å². The van der Waals surface area contributed by atoms with Gasteiger partial charge in [-0.1, -0.05) is 25.3 Å². The topological polar surface area (TPSA) is 66.5 Å². The van der Waals surface area contributed by atoms with E-state index in [9.17, 15) is 14.4 Å². The van der Waals surface area contributed by atoms with E-state index in [2.05, 4.69) is 18.5 Å². The average molecular weight is 260 g/mol. The van der Waals surface area contributed by atoms with E-state index in [4.69, 9.17) is 0 Å². The van der Waals surface area contributed by atoms with E-state index in [1.54, 1.807) is 12.2 Å². The first-order valence-corrected chi connectivity index (χ1v) is 6.15. The van der Waals surface area contributed by atoms with Crippen molar-refractivity contribution in [3.8, 4) is 0 Å². The molecular formula is C14H16N2O3. The summed E-state index contributed by atoms with van der Waals surface area (Å²) in [7, 11) is 0. The molecule has 2 heterocycles. The molecule has 0 bridgehead atoms. The van der Waals surface area contributed by atoms with Crippen LogP contribution in [0.15, 0.2) is 36.5 Å². The quantitative estimate of drug-likeness (QED) is 0.587. The number of amides is 3. The van der Waals surface area contributed by atoms with Crippen LogP contribution in [0.1, 0.15) is 19.8 Å². The van der Waals surface area contributed by atoms with Gasteiger partial charge in [0.25, 0.3) is 5.91 Å². The Morgan fingerprint density at radius 3 is 2.63 bits per heavy atom. The lowest BCUT2D eigenvalue weighted by Crippen LogP contribution is -2.54. The number of nitrogens with one attached hydrogen (secondary N) is 1. The van der Waals surface area contributed by atoms with Gasteiger partial charge >= 0.3 is 0 Å². The number of hydrogen-bond acceptors (Lipinski definition) is 3. The predicted octanol–water partition coefficient (Wildman–Crippen LogP) is 0.691. The van der Waals surface area contributed by atoms with E-state index in [-0.39, 0.29) is 24.3 Å². The normalized spacial score (nSPS) is 29.9. The molecule has 0 aromatic heterocycles. The molecule has 2 atom stereocenters. The maximum atomic E-state index is 12.2. The highest BCUT2D eigenvalue weighted by Gasteiger charge is 2.43. The van der Waals surface area contributed by atoms with Gasteiger partial charge in [-0.3, -0.25) is 19.7 Å². The van der Waals surface area contributed by atoms with Gasteiger partial charge in [-0.25, -0.2) is 0 Å². The van der Waals surface area contributed by atoms with Crippen molar-refractivity contribution in [3.05, 3.63) is 36.5 Å². The largest absolute Gasteiger partial charge is 0.320 e. The van der Waals surface area contributed by atoms with Crippen LogP contribution in [-0.2, 0) is 14.4 Å². The summed E-state index contributed by atoms with van der Waals surface area (Å²) in [4.78, 5) is 36.7. The first-order valence-electron chi connectivity index (χ1n) is 6.15. The Kier molecular flexibility index (Phi) is 3.38. The molecule has 0 aromatic rings. The lowest BCUT2D eigenvalue weighted by atomic mass is 10.0. The zero-order valence-electron chi connectivity index (χ0n) is 10.8. The Morgan fingerprint density at radius 1 is 1.37 bits per heavy atom. The summed E-state index contributed by atoms with van der Waals surface area (Å²) in [5.41, 5.74) is 1.15. The minimum atomic E-state index is -0.604. The fourth-order valence-electron chi connectivity index (χ4n) is 2.58. The molecule has 2 unspecified atom stereocenters. The van der Waals surface area contributed by atoms with Crippen LogP contribution in [0.2, 0.25) is 0 Å². The number of hydrogen-bond donors (Lipinski definition) is 1. The molecule has 3 amide bonds. The number of piperidine rings is 1. The van der Waals surface area contributed by atoms with E-state index in [1.165, 1.54) is 4.90 Å². The second kappa shape index (κ2) is 4.84. The number of carbonyl (C=O) groups is 3. The molecule has 2 aliphatic rings. The Balaban J connectivity index is 2.30. The number of rotatable bonds is 2. The fourth-order valence-corrected chi connectivity index (χ4v) is 2.58. The van der Waals surface area contributed by atoms with Crippen LogP contribution in [0.3, 0.4) is 0 Å². The van der Waals surface area contributed by atoms with E-state index in [0.717, 1.165) is 5.57 Å². The van der Waals surface area contributed by atoms with Gasteiger partial charge in [0.1, 0.15) is 6.04 Å². The maximum Gasteiger partial charge on any atom is 0.254 e. The van der Waals surface area contributed by atoms with Gasteiger partial charge in [-0.15, -0.1) is 0 Å². The molecule has 0 aromatic carbocycles. The van der Waals surface area contributed by atoms with Gasteiger partial charge in [-0.05, 0) is 18.9 Å². The Morgan fingerprint density at radius 2 is 2.05 bits per heavy atom. The van der Waals surface area contributed by atoms with Crippen LogP contribution >= 0.6 is 0 Å². The standard InChI is InChI=1S/C14H16N2O3/c1-4-5-10-8(2)14(19)16(9(10)3)11-6-7-12(17)15-13(11)18/h4-5,9,11H,1-2,6-7H2,3H3,(H,15,17,18)/b10-5+. The summed E-state index contributed by atoms with van der Waals surface area (Å²) < 4.78 is 0. The summed E-state index contributed by atoms with van der Waals surface area (Å²) in [6, 6.07) is -0.838. The highest BCUT2D eigenvalue weighted by atomic mass is 16.2. The zero-order valence-corrected chi connectivity index (χ0v) is 10.8. The summed E-state index contributed by atoms with van der Waals surface area (Å²) in [6.45, 7) is 9.22. The van der Waals surface area contributed by atoms with Crippen molar-refractivity contribution < 1.29 is 14.4 Å². The van der Waals surface area contributed by atoms with Crippen LogP contribution in [0.25, 0.3) is 0 Å². The van der Waals surface area contributed by atoms with Gasteiger partial charge in [0.05, 0.1) is 6.04 Å². The third-order valence-electron chi connectivity index (χ3n) is 3.55. The van der Waals surface area contributed by atoms with Gasteiger partial charge in [-0.2, -0.15) is 0 Å². The van der Waals surface area contributed by atoms with Crippen molar-refractivity contribution in [1.29, 1.82) is 0 Å². The summed E-state index contributed by atoms with van der Waals surface area (Å²) in [5.74, 6) is -0.958. The number of allylic oxidation sites excluding steroid dienone is 2. The lowest BCUT2D eigenvalue weighted by molar-refractivity contribution is -0.143. The first-order chi connectivity index (χ1) is 8.97. The van der Waals surface area contributed by atoms with Crippen LogP contribution in [-0.4, -0.2) is 34.7 Å². The lowest BCUT2D eigenvalue weighted by Gasteiger charge is -2.32. The Bertz CT molecular complexity index is 519. The molecule has 2 aliphatic heterocycles. The molecule has 2 rings (SSSR count). The second-order valence-corrected chi connectivity index (χ2v) is 4.69. The molecule has 0 aliphatic carbocycles. The third kappa shape index (κ3) is 2.12. The fraction of sp³-hybridized carbons (Fsp3) is 0.357. The van der Waals surface area contributed by atoms with Crippen molar-refractivity contribution in [2.24, 2.45) is 0 Å². The van der Waals surface area contributed by atoms with Crippen molar-refractivity contribution in [2.45, 2.75) is 31.8 Å². The molecule has 5 nitrogen and oxygen atoms in total. The van der Waals surface area contributed by atoms with Crippen LogP contribution in [0.4, 0.5) is 0 Å². The first kappa shape index (κ1) is 13.3. The zero-order chi connectivity index (χ0) is 14.2. The van der Waals surface area contributed by atoms with E-state index < -0.39 is 11.9 Å². The monoisotopic (exact) mass is 260 g/mol. The Hall–Kier alpha value is -2.17. The van der Waals surface area contributed by atoms with Crippen molar-refractivity contribution >= 4 is 17.7 Å². The molecule has 19 heavy (non-hydrogen) atoms. The summed E-state index contributed by atoms with van der Waals surface area (Å²) in [5, 5.41) is 2.27. The van der Waals surface area contributed by atoms with Gasteiger partial charge in [0, 0.05) is 12.0 Å². The molecule has 0 spiro atoms. The molecule has 0 radical (unpaired) electrons. The smallest absolute Gasteiger partial charge is 0.254 e. The van der Waals surface area contributed by atoms with Crippen LogP contribution < -0.4 is 5.32 Å². The van der Waals surface area contributed by atoms with Crippen LogP contribution in [0, 0.1) is 0 Å².